The van der Waals surface area contributed by atoms with Gasteiger partial charge in [-0.1, -0.05) is 36.4 Å². The maximum Gasteiger partial charge on any atom is 0.119 e. The lowest BCUT2D eigenvalue weighted by molar-refractivity contribution is 0.403. The molecule has 0 unspecified atom stereocenters. The summed E-state index contributed by atoms with van der Waals surface area (Å²) >= 11 is 0. The molecule has 0 aromatic heterocycles. The molecule has 0 saturated carbocycles. The Labute approximate surface area is 77.0 Å². The maximum absolute atomic E-state index is 9.51. The maximum atomic E-state index is 9.51. The Bertz CT molecular complexity index is 391. The van der Waals surface area contributed by atoms with E-state index in [2.05, 4.69) is 0 Å². The van der Waals surface area contributed by atoms with Gasteiger partial charge in [0, 0.05) is 12.0 Å². The number of hydrogen-bond donors (Lipinski definition) is 2. The van der Waals surface area contributed by atoms with Gasteiger partial charge in [-0.2, -0.15) is 0 Å². The van der Waals surface area contributed by atoms with Crippen LogP contribution in [0.4, 0.5) is 0 Å². The molecule has 0 fully saturated rings. The van der Waals surface area contributed by atoms with Gasteiger partial charge in [0.1, 0.15) is 5.76 Å². The lowest BCUT2D eigenvalue weighted by Gasteiger charge is -2.05. The van der Waals surface area contributed by atoms with Gasteiger partial charge in [-0.05, 0) is 5.56 Å². The fourth-order valence-electron chi connectivity index (χ4n) is 1.45. The van der Waals surface area contributed by atoms with E-state index in [-0.39, 0.29) is 5.76 Å². The first kappa shape index (κ1) is 7.92. The SMILES string of the molecule is NC1=C(O)CC=Cc2ccccc21. The van der Waals surface area contributed by atoms with Gasteiger partial charge in [-0.15, -0.1) is 0 Å². The van der Waals surface area contributed by atoms with Crippen LogP contribution in [0, 0.1) is 0 Å². The van der Waals surface area contributed by atoms with E-state index in [0.29, 0.717) is 12.1 Å². The normalized spacial score (nSPS) is 15.4. The van der Waals surface area contributed by atoms with E-state index in [1.807, 2.05) is 36.4 Å². The van der Waals surface area contributed by atoms with Crippen molar-refractivity contribution in [1.29, 1.82) is 0 Å². The molecule has 0 radical (unpaired) electrons. The van der Waals surface area contributed by atoms with Gasteiger partial charge in [-0.25, -0.2) is 0 Å². The highest BCUT2D eigenvalue weighted by molar-refractivity contribution is 5.75. The molecule has 0 heterocycles. The van der Waals surface area contributed by atoms with Crippen molar-refractivity contribution >= 4 is 11.8 Å². The summed E-state index contributed by atoms with van der Waals surface area (Å²) in [5.74, 6) is 0.251. The molecular weight excluding hydrogens is 162 g/mol. The molecular formula is C11H11NO. The van der Waals surface area contributed by atoms with E-state index in [4.69, 9.17) is 5.73 Å². The predicted molar refractivity (Wildman–Crippen MR) is 53.8 cm³/mol. The number of rotatable bonds is 0. The molecule has 1 aliphatic carbocycles. The van der Waals surface area contributed by atoms with Crippen LogP contribution in [0.5, 0.6) is 0 Å². The first-order valence-electron chi connectivity index (χ1n) is 4.22. The van der Waals surface area contributed by atoms with Crippen molar-refractivity contribution in [2.75, 3.05) is 0 Å². The second-order valence-electron chi connectivity index (χ2n) is 3.05. The number of allylic oxidation sites excluding steroid dienone is 1. The van der Waals surface area contributed by atoms with Crippen LogP contribution >= 0.6 is 0 Å². The third-order valence-corrected chi connectivity index (χ3v) is 2.17. The summed E-state index contributed by atoms with van der Waals surface area (Å²) in [5.41, 5.74) is 8.24. The molecule has 0 spiro atoms. The molecule has 0 bridgehead atoms. The van der Waals surface area contributed by atoms with Crippen LogP contribution in [0.1, 0.15) is 17.5 Å². The second-order valence-corrected chi connectivity index (χ2v) is 3.05. The molecule has 0 aliphatic heterocycles. The minimum absolute atomic E-state index is 0.251. The summed E-state index contributed by atoms with van der Waals surface area (Å²) in [6, 6.07) is 7.77. The summed E-state index contributed by atoms with van der Waals surface area (Å²) in [6.07, 6.45) is 4.40. The number of nitrogens with two attached hydrogens (primary N) is 1. The smallest absolute Gasteiger partial charge is 0.119 e. The standard InChI is InChI=1S/C11H11NO/c12-11-9-6-2-1-4-8(9)5-3-7-10(11)13/h1-6,13H,7,12H2. The molecule has 0 amide bonds. The van der Waals surface area contributed by atoms with E-state index in [1.165, 1.54) is 0 Å². The van der Waals surface area contributed by atoms with Crippen LogP contribution in [0.15, 0.2) is 36.1 Å². The van der Waals surface area contributed by atoms with E-state index < -0.39 is 0 Å². The summed E-state index contributed by atoms with van der Waals surface area (Å²) in [5, 5.41) is 9.51. The van der Waals surface area contributed by atoms with Gasteiger partial charge < -0.3 is 10.8 Å². The van der Waals surface area contributed by atoms with Crippen molar-refractivity contribution in [2.24, 2.45) is 5.73 Å². The zero-order chi connectivity index (χ0) is 9.26. The van der Waals surface area contributed by atoms with E-state index >= 15 is 0 Å². The highest BCUT2D eigenvalue weighted by Gasteiger charge is 2.09. The second kappa shape index (κ2) is 2.98. The van der Waals surface area contributed by atoms with Crippen LogP contribution in [-0.4, -0.2) is 5.11 Å². The van der Waals surface area contributed by atoms with Gasteiger partial charge in [-0.3, -0.25) is 0 Å². The quantitative estimate of drug-likeness (QED) is 0.632. The highest BCUT2D eigenvalue weighted by Crippen LogP contribution is 2.23. The first-order valence-corrected chi connectivity index (χ1v) is 4.22. The Morgan fingerprint density at radius 3 is 2.85 bits per heavy atom. The van der Waals surface area contributed by atoms with E-state index in [1.54, 1.807) is 0 Å². The molecule has 2 heteroatoms. The Hall–Kier alpha value is -1.70. The molecule has 0 saturated heterocycles. The molecule has 1 aromatic rings. The average molecular weight is 173 g/mol. The van der Waals surface area contributed by atoms with Gasteiger partial charge in [0.2, 0.25) is 0 Å². The van der Waals surface area contributed by atoms with Crippen molar-refractivity contribution < 1.29 is 5.11 Å². The van der Waals surface area contributed by atoms with Crippen molar-refractivity contribution in [3.8, 4) is 0 Å². The largest absolute Gasteiger partial charge is 0.510 e. The minimum atomic E-state index is 0.251. The van der Waals surface area contributed by atoms with Crippen molar-refractivity contribution in [1.82, 2.24) is 0 Å². The molecule has 13 heavy (non-hydrogen) atoms. The summed E-state index contributed by atoms with van der Waals surface area (Å²) in [6.45, 7) is 0. The Kier molecular flexibility index (Phi) is 1.81. The Morgan fingerprint density at radius 2 is 2.00 bits per heavy atom. The third-order valence-electron chi connectivity index (χ3n) is 2.17. The fourth-order valence-corrected chi connectivity index (χ4v) is 1.45. The molecule has 3 N–H and O–H groups in total. The van der Waals surface area contributed by atoms with E-state index in [0.717, 1.165) is 11.1 Å². The zero-order valence-electron chi connectivity index (χ0n) is 7.20. The van der Waals surface area contributed by atoms with Gasteiger partial charge >= 0.3 is 0 Å². The third kappa shape index (κ3) is 1.31. The van der Waals surface area contributed by atoms with Crippen LogP contribution in [0.2, 0.25) is 0 Å². The van der Waals surface area contributed by atoms with Crippen molar-refractivity contribution in [3.63, 3.8) is 0 Å². The number of hydrogen-bond acceptors (Lipinski definition) is 2. The Balaban J connectivity index is 2.65. The highest BCUT2D eigenvalue weighted by atomic mass is 16.3. The van der Waals surface area contributed by atoms with Crippen LogP contribution < -0.4 is 5.73 Å². The number of fused-ring (bicyclic) bond motifs is 1. The molecule has 1 aromatic carbocycles. The minimum Gasteiger partial charge on any atom is -0.510 e. The van der Waals surface area contributed by atoms with Gasteiger partial charge in [0.05, 0.1) is 5.70 Å². The van der Waals surface area contributed by atoms with Gasteiger partial charge in [0.25, 0.3) is 0 Å². The lowest BCUT2D eigenvalue weighted by atomic mass is 10.1. The lowest BCUT2D eigenvalue weighted by Crippen LogP contribution is -2.01. The van der Waals surface area contributed by atoms with Gasteiger partial charge in [0.15, 0.2) is 0 Å². The molecule has 1 aliphatic rings. The predicted octanol–water partition coefficient (Wildman–Crippen LogP) is 2.29. The molecule has 0 atom stereocenters. The average Bonchev–Trinajstić information content (AvgIpc) is 2.29. The summed E-state index contributed by atoms with van der Waals surface area (Å²) in [4.78, 5) is 0. The summed E-state index contributed by atoms with van der Waals surface area (Å²) in [7, 11) is 0. The number of aliphatic hydroxyl groups is 1. The van der Waals surface area contributed by atoms with E-state index in [9.17, 15) is 5.11 Å². The Morgan fingerprint density at radius 1 is 1.23 bits per heavy atom. The monoisotopic (exact) mass is 173 g/mol. The summed E-state index contributed by atoms with van der Waals surface area (Å²) < 4.78 is 0. The molecule has 2 rings (SSSR count). The van der Waals surface area contributed by atoms with Crippen LogP contribution in [0.3, 0.4) is 0 Å². The molecule has 2 nitrogen and oxygen atoms in total. The zero-order valence-corrected chi connectivity index (χ0v) is 7.20. The topological polar surface area (TPSA) is 46.2 Å². The molecule has 66 valence electrons. The first-order chi connectivity index (χ1) is 6.29. The van der Waals surface area contributed by atoms with Crippen LogP contribution in [0.25, 0.3) is 11.8 Å². The number of aliphatic hydroxyl groups excluding tert-OH is 1. The van der Waals surface area contributed by atoms with Crippen LogP contribution in [-0.2, 0) is 0 Å². The number of benzene rings is 1. The fraction of sp³-hybridized carbons (Fsp3) is 0.0909. The van der Waals surface area contributed by atoms with Crippen molar-refractivity contribution in [2.45, 2.75) is 6.42 Å². The van der Waals surface area contributed by atoms with Crippen molar-refractivity contribution in [3.05, 3.63) is 47.2 Å².